The van der Waals surface area contributed by atoms with E-state index in [9.17, 15) is 28.2 Å². The number of benzene rings is 3. The molecule has 0 radical (unpaired) electrons. The smallest absolute Gasteiger partial charge is 0.416 e. The summed E-state index contributed by atoms with van der Waals surface area (Å²) in [4.78, 5) is 17.9. The molecule has 1 spiro atoms. The van der Waals surface area contributed by atoms with Crippen LogP contribution in [0, 0.1) is 5.92 Å². The summed E-state index contributed by atoms with van der Waals surface area (Å²) < 4.78 is 45.8. The van der Waals surface area contributed by atoms with Gasteiger partial charge in [0, 0.05) is 31.6 Å². The second-order valence-electron chi connectivity index (χ2n) is 13.6. The zero-order valence-corrected chi connectivity index (χ0v) is 26.3. The number of phenols is 1. The Kier molecular flexibility index (Phi) is 7.63. The van der Waals surface area contributed by atoms with Gasteiger partial charge in [0.05, 0.1) is 22.6 Å². The van der Waals surface area contributed by atoms with E-state index in [4.69, 9.17) is 4.74 Å². The number of carbonyl (C=O) groups is 1. The molecule has 3 aromatic carbocycles. The third-order valence-corrected chi connectivity index (χ3v) is 11.6. The average Bonchev–Trinajstić information content (AvgIpc) is 3.40. The van der Waals surface area contributed by atoms with Crippen LogP contribution in [0.5, 0.6) is 11.5 Å². The molecule has 1 saturated heterocycles. The molecular weight excluding hydrogens is 593 g/mol. The number of nitrogens with zero attached hydrogens (tertiary/aromatic N) is 2. The Morgan fingerprint density at radius 1 is 1.04 bits per heavy atom. The van der Waals surface area contributed by atoms with Crippen LogP contribution in [-0.4, -0.2) is 69.8 Å². The van der Waals surface area contributed by atoms with Gasteiger partial charge in [0.2, 0.25) is 5.91 Å². The van der Waals surface area contributed by atoms with Crippen LogP contribution in [-0.2, 0) is 35.6 Å². The van der Waals surface area contributed by atoms with Crippen LogP contribution in [0.15, 0.2) is 66.7 Å². The van der Waals surface area contributed by atoms with Gasteiger partial charge in [0.15, 0.2) is 11.5 Å². The van der Waals surface area contributed by atoms with Gasteiger partial charge in [0.25, 0.3) is 0 Å². The maximum absolute atomic E-state index is 13.7. The second-order valence-corrected chi connectivity index (χ2v) is 13.6. The van der Waals surface area contributed by atoms with Crippen molar-refractivity contribution in [2.45, 2.75) is 87.2 Å². The normalized spacial score (nSPS) is 29.6. The van der Waals surface area contributed by atoms with Crippen LogP contribution in [0.3, 0.4) is 0 Å². The number of phenolic OH excluding ortho intramolecular Hbond substituents is 1. The van der Waals surface area contributed by atoms with E-state index in [0.717, 1.165) is 49.2 Å². The molecule has 7 rings (SSSR count). The lowest BCUT2D eigenvalue weighted by molar-refractivity contribution is -0.228. The minimum absolute atomic E-state index is 0.0536. The number of aromatic hydroxyl groups is 1. The van der Waals surface area contributed by atoms with E-state index in [1.165, 1.54) is 17.7 Å². The van der Waals surface area contributed by atoms with E-state index in [-0.39, 0.29) is 36.1 Å². The number of aliphatic hydroxyl groups is 1. The largest absolute Gasteiger partial charge is 0.504 e. The van der Waals surface area contributed by atoms with Crippen molar-refractivity contribution in [1.29, 1.82) is 0 Å². The number of carbonyl (C=O) groups excluding carboxylic acids is 1. The second kappa shape index (κ2) is 11.3. The maximum Gasteiger partial charge on any atom is 0.416 e. The zero-order chi connectivity index (χ0) is 32.4. The molecule has 244 valence electrons. The van der Waals surface area contributed by atoms with E-state index in [0.29, 0.717) is 37.0 Å². The molecule has 46 heavy (non-hydrogen) atoms. The van der Waals surface area contributed by atoms with Crippen LogP contribution in [0.2, 0.25) is 0 Å². The van der Waals surface area contributed by atoms with Gasteiger partial charge >= 0.3 is 6.18 Å². The third-order valence-electron chi connectivity index (χ3n) is 11.6. The van der Waals surface area contributed by atoms with Gasteiger partial charge in [0.1, 0.15) is 6.10 Å². The first-order chi connectivity index (χ1) is 22.0. The third kappa shape index (κ3) is 4.64. The predicted octanol–water partition coefficient (Wildman–Crippen LogP) is 5.90. The number of halogens is 3. The zero-order valence-electron chi connectivity index (χ0n) is 26.3. The summed E-state index contributed by atoms with van der Waals surface area (Å²) in [5.41, 5.74) is 1.30. The molecule has 0 aromatic heterocycles. The molecule has 2 aliphatic carbocycles. The average molecular weight is 635 g/mol. The maximum atomic E-state index is 13.7. The van der Waals surface area contributed by atoms with Crippen LogP contribution < -0.4 is 4.74 Å². The van der Waals surface area contributed by atoms with Crippen molar-refractivity contribution in [2.75, 3.05) is 20.1 Å². The Hall–Kier alpha value is -3.56. The van der Waals surface area contributed by atoms with Gasteiger partial charge < -0.3 is 19.8 Å². The number of amides is 1. The molecule has 1 saturated carbocycles. The molecule has 1 amide bonds. The number of hydrogen-bond acceptors (Lipinski definition) is 5. The number of rotatable bonds is 8. The van der Waals surface area contributed by atoms with Crippen LogP contribution in [0.4, 0.5) is 13.2 Å². The number of alkyl halides is 3. The van der Waals surface area contributed by atoms with E-state index < -0.39 is 28.9 Å². The highest BCUT2D eigenvalue weighted by Gasteiger charge is 2.75. The fourth-order valence-electron chi connectivity index (χ4n) is 9.34. The quantitative estimate of drug-likeness (QED) is 0.323. The summed E-state index contributed by atoms with van der Waals surface area (Å²) in [6.45, 7) is 3.69. The minimum Gasteiger partial charge on any atom is -0.504 e. The standard InChI is InChI=1S/C37H41F3N2O4/c1-3-26-22-28(41(2)31(44)16-11-24-9-13-27(14-10-24)37(38,39)40)34-35-18-20-42(19-17-23-7-5-4-6-8-23)30(36(26,35)45)21-25-12-15-29(43)33(46-34)32(25)35/h4-10,12-15,26,28,30,34,43,45H,3,11,16-22H2,1-2H3/t26?,28?,30-,34?,35+,36-/m1/s1. The minimum atomic E-state index is -4.41. The highest BCUT2D eigenvalue weighted by atomic mass is 19.4. The fraction of sp³-hybridized carbons (Fsp3) is 0.486. The summed E-state index contributed by atoms with van der Waals surface area (Å²) >= 11 is 0. The van der Waals surface area contributed by atoms with Crippen molar-refractivity contribution in [1.82, 2.24) is 9.80 Å². The van der Waals surface area contributed by atoms with Crippen molar-refractivity contribution < 1.29 is 32.9 Å². The number of aryl methyl sites for hydroxylation is 1. The highest BCUT2D eigenvalue weighted by Crippen LogP contribution is 2.67. The number of hydrogen-bond donors (Lipinski definition) is 2. The van der Waals surface area contributed by atoms with Crippen molar-refractivity contribution in [3.63, 3.8) is 0 Å². The first kappa shape index (κ1) is 31.1. The predicted molar refractivity (Wildman–Crippen MR) is 168 cm³/mol. The van der Waals surface area contributed by atoms with Crippen molar-refractivity contribution in [3.8, 4) is 11.5 Å². The lowest BCUT2D eigenvalue weighted by Crippen LogP contribution is -2.81. The van der Waals surface area contributed by atoms with Gasteiger partial charge in [-0.2, -0.15) is 13.2 Å². The molecule has 6 nitrogen and oxygen atoms in total. The molecule has 2 N–H and O–H groups in total. The molecule has 3 unspecified atom stereocenters. The topological polar surface area (TPSA) is 73.2 Å². The molecule has 2 fully saturated rings. The van der Waals surface area contributed by atoms with Crippen molar-refractivity contribution in [3.05, 3.63) is 94.5 Å². The Morgan fingerprint density at radius 3 is 2.46 bits per heavy atom. The monoisotopic (exact) mass is 634 g/mol. The molecular formula is C37H41F3N2O4. The van der Waals surface area contributed by atoms with Crippen LogP contribution in [0.25, 0.3) is 0 Å². The molecule has 2 aliphatic heterocycles. The van der Waals surface area contributed by atoms with E-state index in [1.807, 2.05) is 12.1 Å². The van der Waals surface area contributed by atoms with E-state index >= 15 is 0 Å². The van der Waals surface area contributed by atoms with Gasteiger partial charge in [-0.3, -0.25) is 9.69 Å². The Bertz CT molecular complexity index is 1610. The Labute approximate surface area is 267 Å². The molecule has 6 atom stereocenters. The molecule has 2 bridgehead atoms. The van der Waals surface area contributed by atoms with Gasteiger partial charge in [-0.1, -0.05) is 61.9 Å². The number of piperidine rings is 1. The Morgan fingerprint density at radius 2 is 1.76 bits per heavy atom. The van der Waals surface area contributed by atoms with Gasteiger partial charge in [-0.15, -0.1) is 0 Å². The number of likely N-dealkylation sites (N-methyl/N-ethyl adjacent to an activating group) is 1. The van der Waals surface area contributed by atoms with Crippen molar-refractivity contribution in [2.24, 2.45) is 5.92 Å². The molecule has 9 heteroatoms. The fourth-order valence-corrected chi connectivity index (χ4v) is 9.34. The highest BCUT2D eigenvalue weighted by molar-refractivity contribution is 5.77. The summed E-state index contributed by atoms with van der Waals surface area (Å²) in [6.07, 6.45) is -1.04. The van der Waals surface area contributed by atoms with E-state index in [1.54, 1.807) is 18.0 Å². The number of likely N-dealkylation sites (tertiary alicyclic amines) is 1. The lowest BCUT2D eigenvalue weighted by atomic mass is 9.45. The van der Waals surface area contributed by atoms with Gasteiger partial charge in [-0.25, -0.2) is 0 Å². The van der Waals surface area contributed by atoms with Crippen molar-refractivity contribution >= 4 is 5.91 Å². The molecule has 4 aliphatic rings. The first-order valence-electron chi connectivity index (χ1n) is 16.4. The summed E-state index contributed by atoms with van der Waals surface area (Å²) in [5.74, 6) is 0.245. The molecule has 2 heterocycles. The first-order valence-corrected chi connectivity index (χ1v) is 16.4. The lowest BCUT2D eigenvalue weighted by Gasteiger charge is -2.67. The summed E-state index contributed by atoms with van der Waals surface area (Å²) in [7, 11) is 1.77. The summed E-state index contributed by atoms with van der Waals surface area (Å²) in [6, 6.07) is 18.5. The van der Waals surface area contributed by atoms with Gasteiger partial charge in [-0.05, 0) is 79.5 Å². The number of ether oxygens (including phenoxy) is 1. The van der Waals surface area contributed by atoms with E-state index in [2.05, 4.69) is 36.1 Å². The van der Waals surface area contributed by atoms with Crippen LogP contribution >= 0.6 is 0 Å². The summed E-state index contributed by atoms with van der Waals surface area (Å²) in [5, 5.41) is 24.2. The SMILES string of the molecule is CCC1CC(N(C)C(=O)CCc2ccc(C(F)(F)F)cc2)C2Oc3c(O)ccc4c3[C@@]23CCN(CCc2ccccc2)[C@H](C4)[C@]13O. The molecule has 3 aromatic rings. The van der Waals surface area contributed by atoms with Crippen LogP contribution in [0.1, 0.15) is 60.4 Å². The Balaban J connectivity index is 1.19.